The molecule has 0 saturated heterocycles. The maximum Gasteiger partial charge on any atom is 0.341 e. The van der Waals surface area contributed by atoms with Crippen LogP contribution in [0.2, 0.25) is 0 Å². The molecule has 6 nitrogen and oxygen atoms in total. The third kappa shape index (κ3) is 3.73. The number of nitriles is 1. The zero-order chi connectivity index (χ0) is 18.7. The van der Waals surface area contributed by atoms with Crippen LogP contribution in [0.15, 0.2) is 36.4 Å². The van der Waals surface area contributed by atoms with E-state index in [0.717, 1.165) is 27.7 Å². The van der Waals surface area contributed by atoms with E-state index in [0.29, 0.717) is 17.1 Å². The average molecular weight is 347 g/mol. The number of aromatic amines is 1. The SMILES string of the molecule is Cc1cc2nc(/C(C#N)=C/c3ccc(OCC(=O)O)cc3)[nH]c2cc1C. The van der Waals surface area contributed by atoms with E-state index in [1.54, 1.807) is 30.3 Å². The highest BCUT2D eigenvalue weighted by Gasteiger charge is 2.09. The van der Waals surface area contributed by atoms with Gasteiger partial charge in [-0.25, -0.2) is 9.78 Å². The van der Waals surface area contributed by atoms with Crippen LogP contribution in [0.5, 0.6) is 5.75 Å². The Bertz CT molecular complexity index is 1000. The Kier molecular flexibility index (Phi) is 4.72. The fourth-order valence-electron chi connectivity index (χ4n) is 2.52. The molecule has 3 aromatic rings. The third-order valence-corrected chi connectivity index (χ3v) is 4.03. The number of rotatable bonds is 5. The molecule has 0 aliphatic rings. The zero-order valence-electron chi connectivity index (χ0n) is 14.4. The Morgan fingerprint density at radius 2 is 1.96 bits per heavy atom. The number of carboxylic acid groups (broad SMARTS) is 1. The van der Waals surface area contributed by atoms with Crippen LogP contribution in [0.4, 0.5) is 0 Å². The van der Waals surface area contributed by atoms with Crippen molar-refractivity contribution in [1.82, 2.24) is 9.97 Å². The summed E-state index contributed by atoms with van der Waals surface area (Å²) < 4.78 is 5.10. The topological polar surface area (TPSA) is 99.0 Å². The molecule has 0 atom stereocenters. The molecule has 2 N–H and O–H groups in total. The highest BCUT2D eigenvalue weighted by Crippen LogP contribution is 2.22. The first-order chi connectivity index (χ1) is 12.5. The second kappa shape index (κ2) is 7.11. The summed E-state index contributed by atoms with van der Waals surface area (Å²) in [5.41, 5.74) is 5.22. The molecule has 26 heavy (non-hydrogen) atoms. The number of nitrogens with one attached hydrogen (secondary N) is 1. The van der Waals surface area contributed by atoms with Crippen LogP contribution in [0.25, 0.3) is 22.7 Å². The minimum absolute atomic E-state index is 0.392. The molecule has 0 unspecified atom stereocenters. The van der Waals surface area contributed by atoms with Gasteiger partial charge in [0.2, 0.25) is 0 Å². The highest BCUT2D eigenvalue weighted by molar-refractivity contribution is 5.90. The Hall–Kier alpha value is -3.59. The molecule has 0 aliphatic heterocycles. The lowest BCUT2D eigenvalue weighted by Crippen LogP contribution is -2.09. The van der Waals surface area contributed by atoms with Gasteiger partial charge in [-0.15, -0.1) is 0 Å². The quantitative estimate of drug-likeness (QED) is 0.686. The number of hydrogen-bond acceptors (Lipinski definition) is 4. The molecule has 1 aromatic heterocycles. The Morgan fingerprint density at radius 3 is 2.62 bits per heavy atom. The molecule has 2 aromatic carbocycles. The molecule has 3 rings (SSSR count). The summed E-state index contributed by atoms with van der Waals surface area (Å²) in [5, 5.41) is 18.1. The molecule has 0 aliphatic carbocycles. The molecule has 6 heteroatoms. The maximum absolute atomic E-state index is 10.5. The summed E-state index contributed by atoms with van der Waals surface area (Å²) in [6.45, 7) is 3.67. The molecule has 0 radical (unpaired) electrons. The van der Waals surface area contributed by atoms with Crippen LogP contribution < -0.4 is 4.74 Å². The van der Waals surface area contributed by atoms with Crippen molar-refractivity contribution in [3.05, 3.63) is 58.9 Å². The van der Waals surface area contributed by atoms with Crippen molar-refractivity contribution in [1.29, 1.82) is 5.26 Å². The van der Waals surface area contributed by atoms with Crippen molar-refractivity contribution in [2.75, 3.05) is 6.61 Å². The van der Waals surface area contributed by atoms with E-state index in [9.17, 15) is 10.1 Å². The molecule has 130 valence electrons. The minimum Gasteiger partial charge on any atom is -0.482 e. The molecule has 0 bridgehead atoms. The number of carbonyl (C=O) groups is 1. The predicted octanol–water partition coefficient (Wildman–Crippen LogP) is 3.71. The third-order valence-electron chi connectivity index (χ3n) is 4.03. The number of benzene rings is 2. The fraction of sp³-hybridized carbons (Fsp3) is 0.150. The number of imidazole rings is 1. The lowest BCUT2D eigenvalue weighted by molar-refractivity contribution is -0.139. The Labute approximate surface area is 150 Å². The van der Waals surface area contributed by atoms with Gasteiger partial charge in [-0.2, -0.15) is 5.26 Å². The number of allylic oxidation sites excluding steroid dienone is 1. The zero-order valence-corrected chi connectivity index (χ0v) is 14.4. The van der Waals surface area contributed by atoms with Gasteiger partial charge in [0, 0.05) is 0 Å². The van der Waals surface area contributed by atoms with Crippen molar-refractivity contribution < 1.29 is 14.6 Å². The summed E-state index contributed by atoms with van der Waals surface area (Å²) in [7, 11) is 0. The van der Waals surface area contributed by atoms with Crippen LogP contribution >= 0.6 is 0 Å². The largest absolute Gasteiger partial charge is 0.482 e. The van der Waals surface area contributed by atoms with Gasteiger partial charge in [-0.3, -0.25) is 0 Å². The van der Waals surface area contributed by atoms with E-state index in [1.165, 1.54) is 0 Å². The normalized spacial score (nSPS) is 11.3. The van der Waals surface area contributed by atoms with Crippen molar-refractivity contribution in [3.63, 3.8) is 0 Å². The number of aliphatic carboxylic acids is 1. The number of hydrogen-bond donors (Lipinski definition) is 2. The van der Waals surface area contributed by atoms with Gasteiger partial charge in [0.1, 0.15) is 17.6 Å². The Morgan fingerprint density at radius 1 is 1.27 bits per heavy atom. The first-order valence-corrected chi connectivity index (χ1v) is 8.00. The summed E-state index contributed by atoms with van der Waals surface area (Å²) >= 11 is 0. The van der Waals surface area contributed by atoms with E-state index >= 15 is 0 Å². The van der Waals surface area contributed by atoms with Gasteiger partial charge in [-0.1, -0.05) is 12.1 Å². The Balaban J connectivity index is 1.88. The van der Waals surface area contributed by atoms with Gasteiger partial charge in [-0.05, 0) is 60.9 Å². The standard InChI is InChI=1S/C20H17N3O3/c1-12-7-17-18(8-13(12)2)23-20(22-17)15(10-21)9-14-3-5-16(6-4-14)26-11-19(24)25/h3-9H,11H2,1-2H3,(H,22,23)(H,24,25)/b15-9+. The summed E-state index contributed by atoms with van der Waals surface area (Å²) in [4.78, 5) is 18.2. The second-order valence-corrected chi connectivity index (χ2v) is 5.96. The summed E-state index contributed by atoms with van der Waals surface area (Å²) in [5.74, 6) is -0.0625. The van der Waals surface area contributed by atoms with Crippen molar-refractivity contribution >= 4 is 28.7 Å². The second-order valence-electron chi connectivity index (χ2n) is 5.96. The molecule has 1 heterocycles. The van der Waals surface area contributed by atoms with Gasteiger partial charge < -0.3 is 14.8 Å². The van der Waals surface area contributed by atoms with Gasteiger partial charge in [0.25, 0.3) is 0 Å². The number of carboxylic acids is 1. The minimum atomic E-state index is -1.03. The number of aryl methyl sites for hydroxylation is 2. The number of aromatic nitrogens is 2. The lowest BCUT2D eigenvalue weighted by Gasteiger charge is -2.03. The molecular formula is C20H17N3O3. The number of nitrogens with zero attached hydrogens (tertiary/aromatic N) is 2. The monoisotopic (exact) mass is 347 g/mol. The molecule has 0 spiro atoms. The van der Waals surface area contributed by atoms with E-state index in [2.05, 4.69) is 16.0 Å². The maximum atomic E-state index is 10.5. The number of ether oxygens (including phenoxy) is 1. The van der Waals surface area contributed by atoms with Crippen molar-refractivity contribution in [2.45, 2.75) is 13.8 Å². The first-order valence-electron chi connectivity index (χ1n) is 8.00. The van der Waals surface area contributed by atoms with E-state index < -0.39 is 12.6 Å². The molecule has 0 amide bonds. The van der Waals surface area contributed by atoms with E-state index in [4.69, 9.17) is 9.84 Å². The lowest BCUT2D eigenvalue weighted by atomic mass is 10.1. The fourth-order valence-corrected chi connectivity index (χ4v) is 2.52. The summed E-state index contributed by atoms with van der Waals surface area (Å²) in [6, 6.07) is 13.0. The number of H-pyrrole nitrogens is 1. The van der Waals surface area contributed by atoms with Gasteiger partial charge >= 0.3 is 5.97 Å². The van der Waals surface area contributed by atoms with Crippen LogP contribution in [0, 0.1) is 25.2 Å². The number of fused-ring (bicyclic) bond motifs is 1. The van der Waals surface area contributed by atoms with Crippen LogP contribution in [0.1, 0.15) is 22.5 Å². The highest BCUT2D eigenvalue weighted by atomic mass is 16.5. The molecular weight excluding hydrogens is 330 g/mol. The van der Waals surface area contributed by atoms with Crippen LogP contribution in [-0.2, 0) is 4.79 Å². The van der Waals surface area contributed by atoms with Gasteiger partial charge in [0.05, 0.1) is 16.6 Å². The van der Waals surface area contributed by atoms with Crippen molar-refractivity contribution in [3.8, 4) is 11.8 Å². The predicted molar refractivity (Wildman–Crippen MR) is 98.6 cm³/mol. The smallest absolute Gasteiger partial charge is 0.341 e. The van der Waals surface area contributed by atoms with E-state index in [-0.39, 0.29) is 0 Å². The van der Waals surface area contributed by atoms with Gasteiger partial charge in [0.15, 0.2) is 6.61 Å². The molecule has 0 saturated carbocycles. The van der Waals surface area contributed by atoms with E-state index in [1.807, 2.05) is 26.0 Å². The van der Waals surface area contributed by atoms with Crippen molar-refractivity contribution in [2.24, 2.45) is 0 Å². The molecule has 0 fully saturated rings. The van der Waals surface area contributed by atoms with Crippen LogP contribution in [0.3, 0.4) is 0 Å². The summed E-state index contributed by atoms with van der Waals surface area (Å²) in [6.07, 6.45) is 1.72. The first kappa shape index (κ1) is 17.2. The average Bonchev–Trinajstić information content (AvgIpc) is 3.01. The van der Waals surface area contributed by atoms with Crippen LogP contribution in [-0.4, -0.2) is 27.7 Å².